The van der Waals surface area contributed by atoms with Crippen molar-refractivity contribution in [3.05, 3.63) is 41.6 Å². The van der Waals surface area contributed by atoms with Crippen molar-refractivity contribution in [3.63, 3.8) is 0 Å². The first-order valence-electron chi connectivity index (χ1n) is 10.3. The number of piperidine rings is 1. The van der Waals surface area contributed by atoms with E-state index >= 15 is 0 Å². The van der Waals surface area contributed by atoms with Gasteiger partial charge >= 0.3 is 6.09 Å². The normalized spacial score (nSPS) is 19.5. The number of hydrogen-bond acceptors (Lipinski definition) is 6. The highest BCUT2D eigenvalue weighted by molar-refractivity contribution is 5.68. The maximum Gasteiger partial charge on any atom is 0.410 e. The van der Waals surface area contributed by atoms with Crippen molar-refractivity contribution in [2.75, 3.05) is 20.2 Å². The van der Waals surface area contributed by atoms with E-state index in [2.05, 4.69) is 10.2 Å². The van der Waals surface area contributed by atoms with E-state index in [0.29, 0.717) is 37.2 Å². The van der Waals surface area contributed by atoms with Gasteiger partial charge in [-0.15, -0.1) is 0 Å². The molecule has 30 heavy (non-hydrogen) atoms. The van der Waals surface area contributed by atoms with Crippen molar-refractivity contribution in [2.24, 2.45) is 0 Å². The fraction of sp³-hybridized carbons (Fsp3) is 0.522. The molecule has 7 nitrogen and oxygen atoms in total. The van der Waals surface area contributed by atoms with Gasteiger partial charge in [-0.2, -0.15) is 10.2 Å². The van der Waals surface area contributed by atoms with E-state index in [1.165, 1.54) is 0 Å². The fourth-order valence-electron chi connectivity index (χ4n) is 3.68. The van der Waals surface area contributed by atoms with Gasteiger partial charge in [0.05, 0.1) is 30.6 Å². The quantitative estimate of drug-likeness (QED) is 0.821. The number of amides is 1. The molecule has 1 aliphatic heterocycles. The summed E-state index contributed by atoms with van der Waals surface area (Å²) >= 11 is 0. The SMILES string of the molecule is COc1cc(C)ccc1-c1ccc(CC2(O)CCCN(C(=O)OC(C)(C)C)C2)nn1. The van der Waals surface area contributed by atoms with Gasteiger partial charge in [0.2, 0.25) is 0 Å². The van der Waals surface area contributed by atoms with Crippen LogP contribution in [-0.2, 0) is 11.2 Å². The molecule has 1 aromatic carbocycles. The largest absolute Gasteiger partial charge is 0.496 e. The Bertz CT molecular complexity index is 892. The van der Waals surface area contributed by atoms with E-state index in [1.54, 1.807) is 12.0 Å². The first-order chi connectivity index (χ1) is 14.1. The number of β-amino-alcohol motifs (C(OH)–C–C–N with tert-alkyl or cyclic N) is 1. The minimum atomic E-state index is -1.05. The van der Waals surface area contributed by atoms with Gasteiger partial charge in [-0.05, 0) is 70.4 Å². The topological polar surface area (TPSA) is 84.8 Å². The summed E-state index contributed by atoms with van der Waals surface area (Å²) in [7, 11) is 1.63. The Labute approximate surface area is 178 Å². The Kier molecular flexibility index (Phi) is 6.31. The van der Waals surface area contributed by atoms with Crippen molar-refractivity contribution in [3.8, 4) is 17.0 Å². The van der Waals surface area contributed by atoms with Crippen LogP contribution in [0.15, 0.2) is 30.3 Å². The monoisotopic (exact) mass is 413 g/mol. The third-order valence-electron chi connectivity index (χ3n) is 5.07. The standard InChI is InChI=1S/C23H31N3O4/c1-16-7-9-18(20(13-16)29-5)19-10-8-17(24-25-19)14-23(28)11-6-12-26(15-23)21(27)30-22(2,3)4/h7-10,13,28H,6,11-12,14-15H2,1-5H3. The van der Waals surface area contributed by atoms with Gasteiger partial charge in [0.1, 0.15) is 11.4 Å². The molecule has 3 rings (SSSR count). The Morgan fingerprint density at radius 2 is 2.00 bits per heavy atom. The van der Waals surface area contributed by atoms with Crippen LogP contribution < -0.4 is 4.74 Å². The van der Waals surface area contributed by atoms with Crippen molar-refractivity contribution >= 4 is 6.09 Å². The summed E-state index contributed by atoms with van der Waals surface area (Å²) in [6, 6.07) is 9.68. The molecular weight excluding hydrogens is 382 g/mol. The van der Waals surface area contributed by atoms with Crippen LogP contribution in [0.25, 0.3) is 11.3 Å². The van der Waals surface area contributed by atoms with Gasteiger partial charge in [0.15, 0.2) is 0 Å². The van der Waals surface area contributed by atoms with Gasteiger partial charge in [-0.1, -0.05) is 6.07 Å². The minimum absolute atomic E-state index is 0.219. The van der Waals surface area contributed by atoms with Crippen LogP contribution in [0.3, 0.4) is 0 Å². The summed E-state index contributed by atoms with van der Waals surface area (Å²) in [6.07, 6.45) is 1.24. The zero-order chi connectivity index (χ0) is 21.9. The van der Waals surface area contributed by atoms with Crippen LogP contribution in [0.5, 0.6) is 5.75 Å². The third kappa shape index (κ3) is 5.48. The van der Waals surface area contributed by atoms with Crippen LogP contribution in [0.2, 0.25) is 0 Å². The Morgan fingerprint density at radius 1 is 1.23 bits per heavy atom. The molecule has 2 aromatic rings. The number of carbonyl (C=O) groups excluding carboxylic acids is 1. The number of carbonyl (C=O) groups is 1. The molecular formula is C23H31N3O4. The lowest BCUT2D eigenvalue weighted by molar-refractivity contribution is -0.0430. The first kappa shape index (κ1) is 22.0. The van der Waals surface area contributed by atoms with E-state index in [1.807, 2.05) is 58.0 Å². The molecule has 0 radical (unpaired) electrons. The Morgan fingerprint density at radius 3 is 2.63 bits per heavy atom. The zero-order valence-electron chi connectivity index (χ0n) is 18.4. The molecule has 0 saturated carbocycles. The lowest BCUT2D eigenvalue weighted by atomic mass is 9.88. The lowest BCUT2D eigenvalue weighted by Crippen LogP contribution is -2.52. The number of benzene rings is 1. The van der Waals surface area contributed by atoms with Gasteiger partial charge in [-0.3, -0.25) is 0 Å². The molecule has 1 aromatic heterocycles. The van der Waals surface area contributed by atoms with Gasteiger partial charge in [0, 0.05) is 18.5 Å². The summed E-state index contributed by atoms with van der Waals surface area (Å²) in [5.74, 6) is 0.746. The molecule has 1 N–H and O–H groups in total. The van der Waals surface area contributed by atoms with Crippen LogP contribution in [0.4, 0.5) is 4.79 Å². The summed E-state index contributed by atoms with van der Waals surface area (Å²) in [4.78, 5) is 14.0. The first-order valence-corrected chi connectivity index (χ1v) is 10.3. The highest BCUT2D eigenvalue weighted by Crippen LogP contribution is 2.30. The summed E-state index contributed by atoms with van der Waals surface area (Å²) < 4.78 is 10.9. The molecule has 1 atom stereocenters. The second-order valence-electron chi connectivity index (χ2n) is 9.02. The molecule has 1 fully saturated rings. The van der Waals surface area contributed by atoms with Gasteiger partial charge in [-0.25, -0.2) is 4.79 Å². The number of ether oxygens (including phenoxy) is 2. The van der Waals surface area contributed by atoms with Gasteiger partial charge in [0.25, 0.3) is 0 Å². The molecule has 7 heteroatoms. The Hall–Kier alpha value is -2.67. The second kappa shape index (κ2) is 8.60. The third-order valence-corrected chi connectivity index (χ3v) is 5.07. The highest BCUT2D eigenvalue weighted by atomic mass is 16.6. The van der Waals surface area contributed by atoms with Crippen molar-refractivity contribution in [2.45, 2.75) is 58.2 Å². The average molecular weight is 414 g/mol. The van der Waals surface area contributed by atoms with Crippen molar-refractivity contribution < 1.29 is 19.4 Å². The average Bonchev–Trinajstić information content (AvgIpc) is 2.67. The van der Waals surface area contributed by atoms with Crippen molar-refractivity contribution in [1.29, 1.82) is 0 Å². The molecule has 0 aliphatic carbocycles. The number of likely N-dealkylation sites (tertiary alicyclic amines) is 1. The summed E-state index contributed by atoms with van der Waals surface area (Å²) in [5.41, 5.74) is 1.75. The fourth-order valence-corrected chi connectivity index (χ4v) is 3.68. The van der Waals surface area contributed by atoms with E-state index in [4.69, 9.17) is 9.47 Å². The number of methoxy groups -OCH3 is 1. The lowest BCUT2D eigenvalue weighted by Gasteiger charge is -2.39. The predicted molar refractivity (Wildman–Crippen MR) is 114 cm³/mol. The maximum absolute atomic E-state index is 12.4. The zero-order valence-corrected chi connectivity index (χ0v) is 18.4. The predicted octanol–water partition coefficient (Wildman–Crippen LogP) is 3.77. The number of rotatable bonds is 4. The molecule has 0 bridgehead atoms. The highest BCUT2D eigenvalue weighted by Gasteiger charge is 2.37. The van der Waals surface area contributed by atoms with E-state index < -0.39 is 17.3 Å². The molecule has 0 spiro atoms. The van der Waals surface area contributed by atoms with Crippen LogP contribution in [0.1, 0.15) is 44.9 Å². The second-order valence-corrected chi connectivity index (χ2v) is 9.02. The number of nitrogens with zero attached hydrogens (tertiary/aromatic N) is 3. The minimum Gasteiger partial charge on any atom is -0.496 e. The Balaban J connectivity index is 1.71. The molecule has 1 aliphatic rings. The van der Waals surface area contributed by atoms with E-state index in [0.717, 1.165) is 16.9 Å². The molecule has 1 amide bonds. The van der Waals surface area contributed by atoms with Gasteiger partial charge < -0.3 is 19.5 Å². The summed E-state index contributed by atoms with van der Waals surface area (Å²) in [6.45, 7) is 8.31. The molecule has 2 heterocycles. The number of aliphatic hydroxyl groups is 1. The molecule has 1 saturated heterocycles. The molecule has 162 valence electrons. The number of aryl methyl sites for hydroxylation is 1. The van der Waals surface area contributed by atoms with Crippen LogP contribution in [-0.4, -0.2) is 57.7 Å². The summed E-state index contributed by atoms with van der Waals surface area (Å²) in [5, 5.41) is 19.8. The van der Waals surface area contributed by atoms with Crippen LogP contribution >= 0.6 is 0 Å². The number of hydrogen-bond donors (Lipinski definition) is 1. The maximum atomic E-state index is 12.4. The smallest absolute Gasteiger partial charge is 0.410 e. The number of aromatic nitrogens is 2. The van der Waals surface area contributed by atoms with Crippen molar-refractivity contribution in [1.82, 2.24) is 15.1 Å². The van der Waals surface area contributed by atoms with E-state index in [9.17, 15) is 9.90 Å². The van der Waals surface area contributed by atoms with Crippen LogP contribution in [0, 0.1) is 6.92 Å². The van der Waals surface area contributed by atoms with E-state index in [-0.39, 0.29) is 6.54 Å². The molecule has 1 unspecified atom stereocenters.